The van der Waals surface area contributed by atoms with Gasteiger partial charge in [0.2, 0.25) is 0 Å². The maximum atomic E-state index is 13.8. The van der Waals surface area contributed by atoms with Gasteiger partial charge in [-0.1, -0.05) is 35.8 Å². The van der Waals surface area contributed by atoms with Crippen molar-refractivity contribution in [2.24, 2.45) is 17.3 Å². The Hall–Kier alpha value is -0.780. The molecule has 1 fully saturated rings. The van der Waals surface area contributed by atoms with Crippen LogP contribution in [0.15, 0.2) is 22.7 Å². The number of nitrogens with one attached hydrogen (secondary N) is 1. The van der Waals surface area contributed by atoms with Crippen molar-refractivity contribution >= 4 is 26.9 Å². The molecule has 0 bridgehead atoms. The highest BCUT2D eigenvalue weighted by molar-refractivity contribution is 9.10. The zero-order chi connectivity index (χ0) is 24.8. The molecule has 0 aliphatic heterocycles. The molecule has 2 aliphatic rings. The topological polar surface area (TPSA) is 71.3 Å². The highest BCUT2D eigenvalue weighted by atomic mass is 79.9. The number of methoxy groups -OCH3 is 1. The molecule has 0 saturated heterocycles. The zero-order valence-corrected chi connectivity index (χ0v) is 23.7. The van der Waals surface area contributed by atoms with Crippen LogP contribution in [0.5, 0.6) is 0 Å². The normalized spacial score (nSPS) is 34.5. The Bertz CT molecular complexity index is 944. The first-order valence-electron chi connectivity index (χ1n) is 11.9. The molecule has 1 spiro atoms. The van der Waals surface area contributed by atoms with E-state index in [9.17, 15) is 9.47 Å². The number of nitriles is 1. The molecule has 7 heteroatoms. The number of ether oxygens (including phenoxy) is 2. The summed E-state index contributed by atoms with van der Waals surface area (Å²) in [5.74, 6) is 0.565. The molecule has 1 aromatic rings. The lowest BCUT2D eigenvalue weighted by molar-refractivity contribution is -0.141. The van der Waals surface area contributed by atoms with Crippen LogP contribution in [0.1, 0.15) is 72.4 Å². The van der Waals surface area contributed by atoms with E-state index < -0.39 is 26.9 Å². The molecule has 1 saturated carbocycles. The third kappa shape index (κ3) is 4.25. The number of hydrogen-bond acceptors (Lipinski definition) is 4. The summed E-state index contributed by atoms with van der Waals surface area (Å²) in [5, 5.41) is 10.6. The molecular weight excluding hydrogens is 500 g/mol. The van der Waals surface area contributed by atoms with Gasteiger partial charge in [-0.15, -0.1) is 0 Å². The van der Waals surface area contributed by atoms with Crippen LogP contribution in [0, 0.1) is 28.6 Å². The van der Waals surface area contributed by atoms with Crippen molar-refractivity contribution in [3.63, 3.8) is 0 Å². The SMILES string of the molecule is CCOC(C)(C#N)[C@]1(NS(=O)C(C)(C)C)c2cc(Br)ccc2CC12C[C@@H](C)C(OC)[C@@H](C)C2. The van der Waals surface area contributed by atoms with E-state index in [1.807, 2.05) is 34.6 Å². The summed E-state index contributed by atoms with van der Waals surface area (Å²) in [4.78, 5) is 0. The Balaban J connectivity index is 2.37. The Labute approximate surface area is 210 Å². The lowest BCUT2D eigenvalue weighted by Crippen LogP contribution is -2.69. The average Bonchev–Trinajstić information content (AvgIpc) is 2.96. The van der Waals surface area contributed by atoms with E-state index in [1.165, 1.54) is 5.56 Å². The van der Waals surface area contributed by atoms with Gasteiger partial charge in [0.15, 0.2) is 5.60 Å². The third-order valence-corrected chi connectivity index (χ3v) is 9.88. The van der Waals surface area contributed by atoms with E-state index in [-0.39, 0.29) is 23.4 Å². The first-order chi connectivity index (χ1) is 15.3. The van der Waals surface area contributed by atoms with Crippen LogP contribution < -0.4 is 4.72 Å². The van der Waals surface area contributed by atoms with Gasteiger partial charge in [-0.2, -0.15) is 5.26 Å². The lowest BCUT2D eigenvalue weighted by atomic mass is 9.53. The van der Waals surface area contributed by atoms with Gasteiger partial charge in [-0.25, -0.2) is 8.93 Å². The summed E-state index contributed by atoms with van der Waals surface area (Å²) in [6, 6.07) is 8.84. The molecule has 184 valence electrons. The number of fused-ring (bicyclic) bond motifs is 1. The van der Waals surface area contributed by atoms with Gasteiger partial charge >= 0.3 is 0 Å². The third-order valence-electron chi connectivity index (χ3n) is 7.78. The maximum absolute atomic E-state index is 13.8. The van der Waals surface area contributed by atoms with Crippen LogP contribution in [0.25, 0.3) is 0 Å². The molecular formula is C26H39BrN2O3S. The van der Waals surface area contributed by atoms with Crippen molar-refractivity contribution in [1.29, 1.82) is 5.26 Å². The minimum Gasteiger partial charge on any atom is -0.381 e. The van der Waals surface area contributed by atoms with E-state index in [0.717, 1.165) is 29.3 Å². The largest absolute Gasteiger partial charge is 0.381 e. The fourth-order valence-electron chi connectivity index (χ4n) is 6.69. The summed E-state index contributed by atoms with van der Waals surface area (Å²) >= 11 is 3.66. The van der Waals surface area contributed by atoms with Gasteiger partial charge in [0.05, 0.1) is 27.9 Å². The summed E-state index contributed by atoms with van der Waals surface area (Å²) in [6.45, 7) is 14.5. The standard InChI is InChI=1S/C26H39BrN2O3S/c1-9-32-24(7,16-28)26(29-33(30)23(4,5)6)21-12-20(27)11-10-19(21)15-25(26)13-17(2)22(31-8)18(3)14-25/h10-12,17-18,22,29H,9,13-15H2,1-8H3/t17-,18+,22?,24?,25?,26-,33?/m1/s1. The van der Waals surface area contributed by atoms with Crippen molar-refractivity contribution in [3.8, 4) is 6.07 Å². The molecule has 0 heterocycles. The van der Waals surface area contributed by atoms with Crippen LogP contribution in [-0.2, 0) is 32.4 Å². The lowest BCUT2D eigenvalue weighted by Gasteiger charge is -2.58. The van der Waals surface area contributed by atoms with Crippen LogP contribution >= 0.6 is 15.9 Å². The number of hydrogen-bond donors (Lipinski definition) is 1. The van der Waals surface area contributed by atoms with E-state index in [1.54, 1.807) is 7.11 Å². The Morgan fingerprint density at radius 2 is 1.85 bits per heavy atom. The molecule has 33 heavy (non-hydrogen) atoms. The van der Waals surface area contributed by atoms with Gasteiger partial charge in [-0.3, -0.25) is 0 Å². The smallest absolute Gasteiger partial charge is 0.174 e. The molecule has 1 aromatic carbocycles. The highest BCUT2D eigenvalue weighted by Gasteiger charge is 2.69. The number of benzene rings is 1. The predicted molar refractivity (Wildman–Crippen MR) is 137 cm³/mol. The van der Waals surface area contributed by atoms with E-state index in [4.69, 9.17) is 9.47 Å². The molecule has 1 N–H and O–H groups in total. The fraction of sp³-hybridized carbons (Fsp3) is 0.731. The van der Waals surface area contributed by atoms with Gasteiger partial charge < -0.3 is 9.47 Å². The zero-order valence-electron chi connectivity index (χ0n) is 21.3. The monoisotopic (exact) mass is 538 g/mol. The molecule has 0 radical (unpaired) electrons. The second-order valence-corrected chi connectivity index (χ2v) is 14.0. The molecule has 5 nitrogen and oxygen atoms in total. The highest BCUT2D eigenvalue weighted by Crippen LogP contribution is 2.64. The van der Waals surface area contributed by atoms with E-state index in [0.29, 0.717) is 6.61 Å². The first kappa shape index (κ1) is 26.8. The molecule has 3 rings (SSSR count). The summed E-state index contributed by atoms with van der Waals surface area (Å²) in [6.07, 6.45) is 2.65. The van der Waals surface area contributed by atoms with Crippen LogP contribution in [-0.4, -0.2) is 34.4 Å². The summed E-state index contributed by atoms with van der Waals surface area (Å²) < 4.78 is 30.0. The molecule has 4 unspecified atom stereocenters. The summed E-state index contributed by atoms with van der Waals surface area (Å²) in [7, 11) is 0.367. The Morgan fingerprint density at radius 1 is 1.24 bits per heavy atom. The van der Waals surface area contributed by atoms with Crippen molar-refractivity contribution in [1.82, 2.24) is 4.72 Å². The van der Waals surface area contributed by atoms with Gasteiger partial charge in [-0.05, 0) is 89.0 Å². The van der Waals surface area contributed by atoms with Gasteiger partial charge in [0.1, 0.15) is 5.54 Å². The van der Waals surface area contributed by atoms with Crippen LogP contribution in [0.4, 0.5) is 0 Å². The molecule has 0 amide bonds. The van der Waals surface area contributed by atoms with Crippen molar-refractivity contribution < 1.29 is 13.7 Å². The average molecular weight is 540 g/mol. The molecule has 7 atom stereocenters. The van der Waals surface area contributed by atoms with Crippen molar-refractivity contribution in [3.05, 3.63) is 33.8 Å². The van der Waals surface area contributed by atoms with Crippen LogP contribution in [0.3, 0.4) is 0 Å². The Morgan fingerprint density at radius 3 is 2.33 bits per heavy atom. The van der Waals surface area contributed by atoms with Gasteiger partial charge in [0, 0.05) is 23.6 Å². The van der Waals surface area contributed by atoms with Crippen molar-refractivity contribution in [2.75, 3.05) is 13.7 Å². The quantitative estimate of drug-likeness (QED) is 0.508. The summed E-state index contributed by atoms with van der Waals surface area (Å²) in [5.41, 5.74) is -0.336. The minimum atomic E-state index is -1.42. The predicted octanol–water partition coefficient (Wildman–Crippen LogP) is 5.64. The number of rotatable bonds is 6. The molecule has 2 aliphatic carbocycles. The maximum Gasteiger partial charge on any atom is 0.174 e. The van der Waals surface area contributed by atoms with Crippen molar-refractivity contribution in [2.45, 2.75) is 89.7 Å². The minimum absolute atomic E-state index is 0.150. The second kappa shape index (κ2) is 9.35. The molecule has 0 aromatic heterocycles. The van der Waals surface area contributed by atoms with Crippen LogP contribution in [0.2, 0.25) is 0 Å². The fourth-order valence-corrected chi connectivity index (χ4v) is 8.15. The number of nitrogens with zero attached hydrogens (tertiary/aromatic N) is 1. The second-order valence-electron chi connectivity index (χ2n) is 11.1. The number of halogens is 1. The van der Waals surface area contributed by atoms with E-state index in [2.05, 4.69) is 58.8 Å². The first-order valence-corrected chi connectivity index (χ1v) is 13.8. The Kier molecular flexibility index (Phi) is 7.60. The van der Waals surface area contributed by atoms with Gasteiger partial charge in [0.25, 0.3) is 0 Å². The van der Waals surface area contributed by atoms with E-state index >= 15 is 0 Å².